The molecule has 0 fully saturated rings. The molecular formula is C19H19N3OS. The Morgan fingerprint density at radius 2 is 1.83 bits per heavy atom. The van der Waals surface area contributed by atoms with Crippen molar-refractivity contribution in [2.24, 2.45) is 0 Å². The first kappa shape index (κ1) is 16.2. The minimum absolute atomic E-state index is 0.162. The van der Waals surface area contributed by atoms with Crippen LogP contribution in [0.5, 0.6) is 0 Å². The third-order valence-corrected chi connectivity index (χ3v) is 4.45. The summed E-state index contributed by atoms with van der Waals surface area (Å²) in [5, 5.41) is 8.64. The van der Waals surface area contributed by atoms with E-state index in [9.17, 15) is 4.79 Å². The van der Waals surface area contributed by atoms with Crippen molar-refractivity contribution in [1.29, 1.82) is 0 Å². The average Bonchev–Trinajstić information content (AvgIpc) is 3.05. The zero-order valence-corrected chi connectivity index (χ0v) is 14.5. The molecule has 3 rings (SSSR count). The van der Waals surface area contributed by atoms with Crippen LogP contribution in [0.1, 0.15) is 27.2 Å². The van der Waals surface area contributed by atoms with Gasteiger partial charge in [-0.25, -0.2) is 4.98 Å². The number of nitrogens with one attached hydrogen (secondary N) is 2. The Kier molecular flexibility index (Phi) is 4.91. The highest BCUT2D eigenvalue weighted by molar-refractivity contribution is 7.14. The first-order valence-electron chi connectivity index (χ1n) is 7.74. The number of rotatable bonds is 5. The molecule has 0 saturated carbocycles. The van der Waals surface area contributed by atoms with Gasteiger partial charge in [-0.3, -0.25) is 4.79 Å². The molecule has 0 aliphatic heterocycles. The van der Waals surface area contributed by atoms with Crippen molar-refractivity contribution in [1.82, 2.24) is 10.3 Å². The minimum Gasteiger partial charge on any atom is -0.347 e. The SMILES string of the molecule is Cc1ccc(CNC(=O)c2csc(Nc3ccccc3C)n2)cc1. The van der Waals surface area contributed by atoms with Crippen LogP contribution < -0.4 is 10.6 Å². The van der Waals surface area contributed by atoms with Gasteiger partial charge < -0.3 is 10.6 Å². The maximum absolute atomic E-state index is 12.2. The number of hydrogen-bond acceptors (Lipinski definition) is 4. The monoisotopic (exact) mass is 337 g/mol. The van der Waals surface area contributed by atoms with Crippen molar-refractivity contribution in [3.8, 4) is 0 Å². The fourth-order valence-corrected chi connectivity index (χ4v) is 2.95. The van der Waals surface area contributed by atoms with Crippen molar-refractivity contribution in [2.75, 3.05) is 5.32 Å². The summed E-state index contributed by atoms with van der Waals surface area (Å²) in [6.45, 7) is 4.57. The normalized spacial score (nSPS) is 10.4. The molecule has 1 aromatic heterocycles. The van der Waals surface area contributed by atoms with Gasteiger partial charge in [-0.05, 0) is 31.0 Å². The summed E-state index contributed by atoms with van der Waals surface area (Å²) in [4.78, 5) is 16.6. The molecule has 0 unspecified atom stereocenters. The lowest BCUT2D eigenvalue weighted by molar-refractivity contribution is 0.0946. The van der Waals surface area contributed by atoms with E-state index in [-0.39, 0.29) is 5.91 Å². The molecule has 122 valence electrons. The molecule has 0 atom stereocenters. The van der Waals surface area contributed by atoms with E-state index in [0.29, 0.717) is 17.4 Å². The van der Waals surface area contributed by atoms with E-state index in [2.05, 4.69) is 15.6 Å². The van der Waals surface area contributed by atoms with Crippen molar-refractivity contribution < 1.29 is 4.79 Å². The van der Waals surface area contributed by atoms with Gasteiger partial charge in [0.05, 0.1) is 0 Å². The highest BCUT2D eigenvalue weighted by atomic mass is 32.1. The second-order valence-corrected chi connectivity index (χ2v) is 6.50. The van der Waals surface area contributed by atoms with E-state index in [1.165, 1.54) is 16.9 Å². The van der Waals surface area contributed by atoms with Gasteiger partial charge in [-0.2, -0.15) is 0 Å². The van der Waals surface area contributed by atoms with E-state index >= 15 is 0 Å². The number of aromatic nitrogens is 1. The third-order valence-electron chi connectivity index (χ3n) is 3.70. The summed E-state index contributed by atoms with van der Waals surface area (Å²) < 4.78 is 0. The number of thiazole rings is 1. The summed E-state index contributed by atoms with van der Waals surface area (Å²) >= 11 is 1.42. The van der Waals surface area contributed by atoms with Crippen LogP contribution in [0.4, 0.5) is 10.8 Å². The Morgan fingerprint density at radius 3 is 2.58 bits per heavy atom. The van der Waals surface area contributed by atoms with Gasteiger partial charge in [0.15, 0.2) is 5.13 Å². The summed E-state index contributed by atoms with van der Waals surface area (Å²) in [5.74, 6) is -0.162. The van der Waals surface area contributed by atoms with Crippen molar-refractivity contribution >= 4 is 28.1 Å². The minimum atomic E-state index is -0.162. The molecule has 2 N–H and O–H groups in total. The maximum Gasteiger partial charge on any atom is 0.271 e. The average molecular weight is 337 g/mol. The molecule has 1 amide bonds. The van der Waals surface area contributed by atoms with E-state index in [1.807, 2.05) is 62.4 Å². The summed E-state index contributed by atoms with van der Waals surface area (Å²) in [6, 6.07) is 16.1. The second-order valence-electron chi connectivity index (χ2n) is 5.65. The Hall–Kier alpha value is -2.66. The molecule has 2 aromatic carbocycles. The molecule has 0 bridgehead atoms. The lowest BCUT2D eigenvalue weighted by Gasteiger charge is -2.06. The summed E-state index contributed by atoms with van der Waals surface area (Å²) in [6.07, 6.45) is 0. The van der Waals surface area contributed by atoms with Crippen LogP contribution in [0.15, 0.2) is 53.9 Å². The number of carbonyl (C=O) groups excluding carboxylic acids is 1. The first-order valence-corrected chi connectivity index (χ1v) is 8.62. The summed E-state index contributed by atoms with van der Waals surface area (Å²) in [5.41, 5.74) is 4.85. The van der Waals surface area contributed by atoms with Crippen LogP contribution in [0.25, 0.3) is 0 Å². The van der Waals surface area contributed by atoms with E-state index < -0.39 is 0 Å². The van der Waals surface area contributed by atoms with E-state index in [0.717, 1.165) is 16.8 Å². The largest absolute Gasteiger partial charge is 0.347 e. The third kappa shape index (κ3) is 4.00. The highest BCUT2D eigenvalue weighted by Crippen LogP contribution is 2.23. The molecule has 4 nitrogen and oxygen atoms in total. The van der Waals surface area contributed by atoms with Gasteiger partial charge in [0.25, 0.3) is 5.91 Å². The van der Waals surface area contributed by atoms with Gasteiger partial charge in [0, 0.05) is 17.6 Å². The predicted octanol–water partition coefficient (Wildman–Crippen LogP) is 4.43. The molecular weight excluding hydrogens is 318 g/mol. The van der Waals surface area contributed by atoms with Crippen molar-refractivity contribution in [2.45, 2.75) is 20.4 Å². The van der Waals surface area contributed by atoms with Crippen LogP contribution in [-0.2, 0) is 6.54 Å². The molecule has 0 spiro atoms. The van der Waals surface area contributed by atoms with Crippen molar-refractivity contribution in [3.63, 3.8) is 0 Å². The smallest absolute Gasteiger partial charge is 0.271 e. The van der Waals surface area contributed by atoms with Crippen molar-refractivity contribution in [3.05, 3.63) is 76.3 Å². The predicted molar refractivity (Wildman–Crippen MR) is 98.9 cm³/mol. The Balaban J connectivity index is 1.61. The van der Waals surface area contributed by atoms with Crippen LogP contribution >= 0.6 is 11.3 Å². The number of aryl methyl sites for hydroxylation is 2. The van der Waals surface area contributed by atoms with Crippen LogP contribution in [0.3, 0.4) is 0 Å². The van der Waals surface area contributed by atoms with Gasteiger partial charge in [0.1, 0.15) is 5.69 Å². The van der Waals surface area contributed by atoms with Crippen LogP contribution in [-0.4, -0.2) is 10.9 Å². The lowest BCUT2D eigenvalue weighted by Crippen LogP contribution is -2.23. The molecule has 1 heterocycles. The Labute approximate surface area is 145 Å². The molecule has 0 radical (unpaired) electrons. The lowest BCUT2D eigenvalue weighted by atomic mass is 10.1. The van der Waals surface area contributed by atoms with E-state index in [4.69, 9.17) is 0 Å². The number of para-hydroxylation sites is 1. The number of carbonyl (C=O) groups is 1. The Bertz CT molecular complexity index is 840. The maximum atomic E-state index is 12.2. The standard InChI is InChI=1S/C19H19N3OS/c1-13-7-9-15(10-8-13)11-20-18(23)17-12-24-19(22-17)21-16-6-4-3-5-14(16)2/h3-10,12H,11H2,1-2H3,(H,20,23)(H,21,22). The molecule has 0 aliphatic rings. The zero-order chi connectivity index (χ0) is 16.9. The van der Waals surface area contributed by atoms with Gasteiger partial charge in [-0.1, -0.05) is 48.0 Å². The number of amides is 1. The van der Waals surface area contributed by atoms with Gasteiger partial charge in [-0.15, -0.1) is 11.3 Å². The molecule has 5 heteroatoms. The molecule has 0 saturated heterocycles. The van der Waals surface area contributed by atoms with E-state index in [1.54, 1.807) is 5.38 Å². The fourth-order valence-electron chi connectivity index (χ4n) is 2.24. The number of anilines is 2. The van der Waals surface area contributed by atoms with Crippen LogP contribution in [0.2, 0.25) is 0 Å². The van der Waals surface area contributed by atoms with Gasteiger partial charge >= 0.3 is 0 Å². The number of nitrogens with zero attached hydrogens (tertiary/aromatic N) is 1. The topological polar surface area (TPSA) is 54.0 Å². The molecule has 0 aliphatic carbocycles. The quantitative estimate of drug-likeness (QED) is 0.724. The highest BCUT2D eigenvalue weighted by Gasteiger charge is 2.11. The molecule has 24 heavy (non-hydrogen) atoms. The Morgan fingerprint density at radius 1 is 1.08 bits per heavy atom. The van der Waals surface area contributed by atoms with Gasteiger partial charge in [0.2, 0.25) is 0 Å². The fraction of sp³-hybridized carbons (Fsp3) is 0.158. The zero-order valence-electron chi connectivity index (χ0n) is 13.7. The summed E-state index contributed by atoms with van der Waals surface area (Å²) in [7, 11) is 0. The first-order chi connectivity index (χ1) is 11.6. The number of benzene rings is 2. The molecule has 3 aromatic rings. The second kappa shape index (κ2) is 7.27. The number of hydrogen-bond donors (Lipinski definition) is 2. The van der Waals surface area contributed by atoms with Crippen LogP contribution in [0, 0.1) is 13.8 Å².